The first-order valence-electron chi connectivity index (χ1n) is 11.9. The van der Waals surface area contributed by atoms with Gasteiger partial charge in [0.2, 0.25) is 5.91 Å². The summed E-state index contributed by atoms with van der Waals surface area (Å²) in [6.07, 6.45) is 5.87. The largest absolute Gasteiger partial charge is 0.465 e. The van der Waals surface area contributed by atoms with Gasteiger partial charge < -0.3 is 18.9 Å². The molecule has 1 amide bonds. The maximum Gasteiger partial charge on any atom is 0.348 e. The molecule has 3 aromatic rings. The van der Waals surface area contributed by atoms with Crippen LogP contribution in [0.2, 0.25) is 5.02 Å². The quantitative estimate of drug-likeness (QED) is 0.420. The Morgan fingerprint density at radius 1 is 1.12 bits per heavy atom. The van der Waals surface area contributed by atoms with Crippen LogP contribution < -0.4 is 0 Å². The molecule has 1 saturated heterocycles. The predicted octanol–water partition coefficient (Wildman–Crippen LogP) is 5.72. The Morgan fingerprint density at radius 2 is 1.82 bits per heavy atom. The van der Waals surface area contributed by atoms with Crippen molar-refractivity contribution in [1.29, 1.82) is 0 Å². The molecule has 0 unspecified atom stereocenters. The third kappa shape index (κ3) is 4.49. The van der Waals surface area contributed by atoms with Crippen molar-refractivity contribution >= 4 is 45.0 Å². The van der Waals surface area contributed by atoms with Gasteiger partial charge in [0.25, 0.3) is 0 Å². The zero-order valence-corrected chi connectivity index (χ0v) is 20.9. The van der Waals surface area contributed by atoms with E-state index in [9.17, 15) is 9.59 Å². The fourth-order valence-electron chi connectivity index (χ4n) is 5.25. The number of fused-ring (bicyclic) bond motifs is 1. The first-order chi connectivity index (χ1) is 16.6. The Balaban J connectivity index is 1.69. The number of thiophene rings is 1. The fourth-order valence-corrected chi connectivity index (χ4v) is 6.58. The van der Waals surface area contributed by atoms with Gasteiger partial charge in [-0.05, 0) is 48.1 Å². The van der Waals surface area contributed by atoms with Crippen LogP contribution in [-0.2, 0) is 20.8 Å². The standard InChI is InChI=1S/C26H29ClN2O4S/c1-32-26(31)21-15-20-25(34-21)23(17-5-3-2-4-6-17)24(18-7-9-19(27)10-8-18)29(20)16-22(30)28-11-13-33-14-12-28/h7-10,15,17H,2-6,11-14,16H2,1H3. The van der Waals surface area contributed by atoms with Gasteiger partial charge in [0.1, 0.15) is 11.4 Å². The van der Waals surface area contributed by atoms with Gasteiger partial charge in [-0.3, -0.25) is 4.79 Å². The summed E-state index contributed by atoms with van der Waals surface area (Å²) in [5, 5.41) is 0.681. The molecule has 0 N–H and O–H groups in total. The summed E-state index contributed by atoms with van der Waals surface area (Å²) in [5.74, 6) is 0.122. The number of carbonyl (C=O) groups excluding carboxylic acids is 2. The molecule has 2 aliphatic rings. The highest BCUT2D eigenvalue weighted by molar-refractivity contribution is 7.21. The SMILES string of the molecule is COC(=O)c1cc2c(s1)c(C1CCCCC1)c(-c1ccc(Cl)cc1)n2CC(=O)N1CCOCC1. The molecule has 8 heteroatoms. The van der Waals surface area contributed by atoms with Crippen molar-refractivity contribution in [3.05, 3.63) is 45.8 Å². The van der Waals surface area contributed by atoms with E-state index in [0.717, 1.165) is 34.3 Å². The van der Waals surface area contributed by atoms with Crippen LogP contribution in [-0.4, -0.2) is 54.8 Å². The molecule has 180 valence electrons. The normalized spacial score (nSPS) is 17.3. The van der Waals surface area contributed by atoms with Gasteiger partial charge in [-0.25, -0.2) is 4.79 Å². The molecule has 34 heavy (non-hydrogen) atoms. The summed E-state index contributed by atoms with van der Waals surface area (Å²) in [6.45, 7) is 2.56. The van der Waals surface area contributed by atoms with E-state index in [-0.39, 0.29) is 18.4 Å². The molecule has 1 saturated carbocycles. The highest BCUT2D eigenvalue weighted by atomic mass is 35.5. The van der Waals surface area contributed by atoms with Crippen LogP contribution in [0.5, 0.6) is 0 Å². The van der Waals surface area contributed by atoms with Gasteiger partial charge in [-0.2, -0.15) is 0 Å². The topological polar surface area (TPSA) is 60.8 Å². The fraction of sp³-hybridized carbons (Fsp3) is 0.462. The molecule has 2 fully saturated rings. The molecule has 1 aliphatic heterocycles. The molecule has 5 rings (SSSR count). The summed E-state index contributed by atoms with van der Waals surface area (Å²) in [6, 6.07) is 9.76. The number of ether oxygens (including phenoxy) is 2. The second-order valence-electron chi connectivity index (χ2n) is 9.00. The van der Waals surface area contributed by atoms with Gasteiger partial charge in [-0.15, -0.1) is 11.3 Å². The molecule has 0 bridgehead atoms. The Hall–Kier alpha value is -2.35. The lowest BCUT2D eigenvalue weighted by atomic mass is 9.83. The maximum absolute atomic E-state index is 13.4. The Labute approximate surface area is 208 Å². The number of amides is 1. The molecule has 0 spiro atoms. The van der Waals surface area contributed by atoms with Crippen LogP contribution in [0.15, 0.2) is 30.3 Å². The van der Waals surface area contributed by atoms with Gasteiger partial charge in [0.05, 0.1) is 36.2 Å². The van der Waals surface area contributed by atoms with Crippen molar-refractivity contribution in [2.75, 3.05) is 33.4 Å². The summed E-state index contributed by atoms with van der Waals surface area (Å²) >= 11 is 7.69. The third-order valence-electron chi connectivity index (χ3n) is 6.95. The van der Waals surface area contributed by atoms with Crippen molar-refractivity contribution < 1.29 is 19.1 Å². The average molecular weight is 501 g/mol. The molecule has 0 radical (unpaired) electrons. The predicted molar refractivity (Wildman–Crippen MR) is 135 cm³/mol. The monoisotopic (exact) mass is 500 g/mol. The van der Waals surface area contributed by atoms with E-state index in [1.807, 2.05) is 35.2 Å². The van der Waals surface area contributed by atoms with E-state index in [4.69, 9.17) is 21.1 Å². The number of morpholine rings is 1. The Kier molecular flexibility index (Phi) is 6.95. The second-order valence-corrected chi connectivity index (χ2v) is 10.5. The lowest BCUT2D eigenvalue weighted by Crippen LogP contribution is -2.42. The number of rotatable bonds is 5. The van der Waals surface area contributed by atoms with E-state index in [2.05, 4.69) is 4.57 Å². The highest BCUT2D eigenvalue weighted by Gasteiger charge is 2.30. The van der Waals surface area contributed by atoms with Crippen molar-refractivity contribution in [2.24, 2.45) is 0 Å². The number of hydrogen-bond acceptors (Lipinski definition) is 5. The van der Waals surface area contributed by atoms with E-state index < -0.39 is 0 Å². The minimum atomic E-state index is -0.338. The van der Waals surface area contributed by atoms with Gasteiger partial charge >= 0.3 is 5.97 Å². The van der Waals surface area contributed by atoms with Crippen LogP contribution >= 0.6 is 22.9 Å². The summed E-state index contributed by atoms with van der Waals surface area (Å²) in [4.78, 5) is 28.2. The molecule has 1 aromatic carbocycles. The second kappa shape index (κ2) is 10.1. The average Bonchev–Trinajstić information content (AvgIpc) is 3.43. The number of halogens is 1. The van der Waals surface area contributed by atoms with E-state index >= 15 is 0 Å². The van der Waals surface area contributed by atoms with Crippen LogP contribution in [0.1, 0.15) is 53.3 Å². The van der Waals surface area contributed by atoms with Crippen LogP contribution in [0, 0.1) is 0 Å². The number of nitrogens with zero attached hydrogens (tertiary/aromatic N) is 2. The molecule has 2 aromatic heterocycles. The van der Waals surface area contributed by atoms with Crippen molar-refractivity contribution in [3.63, 3.8) is 0 Å². The highest BCUT2D eigenvalue weighted by Crippen LogP contribution is 2.47. The van der Waals surface area contributed by atoms with Gasteiger partial charge in [0.15, 0.2) is 0 Å². The molecule has 1 aliphatic carbocycles. The molecular weight excluding hydrogens is 472 g/mol. The van der Waals surface area contributed by atoms with Gasteiger partial charge in [0, 0.05) is 18.1 Å². The first-order valence-corrected chi connectivity index (χ1v) is 13.1. The summed E-state index contributed by atoms with van der Waals surface area (Å²) in [7, 11) is 1.41. The lowest BCUT2D eigenvalue weighted by molar-refractivity contribution is -0.135. The molecule has 3 heterocycles. The van der Waals surface area contributed by atoms with Crippen LogP contribution in [0.4, 0.5) is 0 Å². The summed E-state index contributed by atoms with van der Waals surface area (Å²) in [5.41, 5.74) is 4.30. The number of hydrogen-bond donors (Lipinski definition) is 0. The molecule has 6 nitrogen and oxygen atoms in total. The zero-order valence-electron chi connectivity index (χ0n) is 19.3. The first kappa shape index (κ1) is 23.4. The van der Waals surface area contributed by atoms with Crippen molar-refractivity contribution in [1.82, 2.24) is 9.47 Å². The zero-order chi connectivity index (χ0) is 23.7. The minimum Gasteiger partial charge on any atom is -0.465 e. The smallest absolute Gasteiger partial charge is 0.348 e. The number of methoxy groups -OCH3 is 1. The number of aromatic nitrogens is 1. The maximum atomic E-state index is 13.4. The van der Waals surface area contributed by atoms with Crippen LogP contribution in [0.3, 0.4) is 0 Å². The lowest BCUT2D eigenvalue weighted by Gasteiger charge is -2.28. The summed E-state index contributed by atoms with van der Waals surface area (Å²) < 4.78 is 13.7. The van der Waals surface area contributed by atoms with Crippen molar-refractivity contribution in [3.8, 4) is 11.3 Å². The van der Waals surface area contributed by atoms with E-state index in [1.54, 1.807) is 0 Å². The van der Waals surface area contributed by atoms with Crippen LogP contribution in [0.25, 0.3) is 21.5 Å². The number of esters is 1. The molecule has 0 atom stereocenters. The van der Waals surface area contributed by atoms with Crippen molar-refractivity contribution in [2.45, 2.75) is 44.6 Å². The minimum absolute atomic E-state index is 0.0661. The van der Waals surface area contributed by atoms with E-state index in [1.165, 1.54) is 43.3 Å². The van der Waals surface area contributed by atoms with Gasteiger partial charge in [-0.1, -0.05) is 43.0 Å². The Bertz CT molecular complexity index is 1190. The number of benzene rings is 1. The molecular formula is C26H29ClN2O4S. The third-order valence-corrected chi connectivity index (χ3v) is 8.34. The van der Waals surface area contributed by atoms with E-state index in [0.29, 0.717) is 42.1 Å². The number of carbonyl (C=O) groups is 2. The Morgan fingerprint density at radius 3 is 2.50 bits per heavy atom.